The van der Waals surface area contributed by atoms with Gasteiger partial charge in [0.15, 0.2) is 0 Å². The SMILES string of the molecule is Cc1ccc(F)c(-c2cncc(CCl)c2)c1. The van der Waals surface area contributed by atoms with E-state index in [0.29, 0.717) is 11.4 Å². The number of halogens is 2. The quantitative estimate of drug-likeness (QED) is 0.719. The summed E-state index contributed by atoms with van der Waals surface area (Å²) >= 11 is 5.72. The maximum atomic E-state index is 13.6. The van der Waals surface area contributed by atoms with Crippen LogP contribution in [0.25, 0.3) is 11.1 Å². The number of hydrogen-bond donors (Lipinski definition) is 0. The molecule has 0 fully saturated rings. The third kappa shape index (κ3) is 2.22. The van der Waals surface area contributed by atoms with Crippen LogP contribution >= 0.6 is 11.6 Å². The van der Waals surface area contributed by atoms with E-state index in [0.717, 1.165) is 16.7 Å². The number of hydrogen-bond acceptors (Lipinski definition) is 1. The summed E-state index contributed by atoms with van der Waals surface area (Å²) < 4.78 is 13.6. The Labute approximate surface area is 98.9 Å². The van der Waals surface area contributed by atoms with Crippen LogP contribution in [-0.4, -0.2) is 4.98 Å². The van der Waals surface area contributed by atoms with Crippen LogP contribution in [-0.2, 0) is 5.88 Å². The van der Waals surface area contributed by atoms with Gasteiger partial charge >= 0.3 is 0 Å². The standard InChI is InChI=1S/C13H11ClFN/c1-9-2-3-13(15)12(4-9)11-5-10(6-14)7-16-8-11/h2-5,7-8H,6H2,1H3. The van der Waals surface area contributed by atoms with Gasteiger partial charge < -0.3 is 0 Å². The molecule has 0 radical (unpaired) electrons. The van der Waals surface area contributed by atoms with Crippen LogP contribution in [0.4, 0.5) is 4.39 Å². The zero-order valence-corrected chi connectivity index (χ0v) is 9.63. The Morgan fingerprint density at radius 3 is 2.81 bits per heavy atom. The average Bonchev–Trinajstić information content (AvgIpc) is 2.32. The second kappa shape index (κ2) is 4.62. The minimum atomic E-state index is -0.237. The third-order valence-electron chi connectivity index (χ3n) is 2.38. The van der Waals surface area contributed by atoms with Gasteiger partial charge in [-0.25, -0.2) is 4.39 Å². The van der Waals surface area contributed by atoms with Crippen molar-refractivity contribution in [1.29, 1.82) is 0 Å². The molecule has 0 aliphatic carbocycles. The first-order valence-electron chi connectivity index (χ1n) is 4.97. The van der Waals surface area contributed by atoms with Gasteiger partial charge in [-0.05, 0) is 30.7 Å². The summed E-state index contributed by atoms with van der Waals surface area (Å²) in [5.74, 6) is 0.146. The smallest absolute Gasteiger partial charge is 0.131 e. The molecule has 1 heterocycles. The van der Waals surface area contributed by atoms with Crippen molar-refractivity contribution in [3.05, 3.63) is 53.6 Å². The lowest BCUT2D eigenvalue weighted by Gasteiger charge is -2.05. The van der Waals surface area contributed by atoms with E-state index >= 15 is 0 Å². The van der Waals surface area contributed by atoms with Crippen LogP contribution in [0.3, 0.4) is 0 Å². The topological polar surface area (TPSA) is 12.9 Å². The second-order valence-electron chi connectivity index (χ2n) is 3.70. The van der Waals surface area contributed by atoms with Crippen molar-refractivity contribution in [2.45, 2.75) is 12.8 Å². The Morgan fingerprint density at radius 2 is 2.06 bits per heavy atom. The number of rotatable bonds is 2. The summed E-state index contributed by atoms with van der Waals surface area (Å²) in [6, 6.07) is 6.89. The molecule has 1 aromatic heterocycles. The molecule has 0 amide bonds. The van der Waals surface area contributed by atoms with Gasteiger partial charge in [-0.2, -0.15) is 0 Å². The van der Waals surface area contributed by atoms with E-state index in [1.807, 2.05) is 19.1 Å². The number of benzene rings is 1. The summed E-state index contributed by atoms with van der Waals surface area (Å²) in [5, 5.41) is 0. The summed E-state index contributed by atoms with van der Waals surface area (Å²) in [6.45, 7) is 1.93. The average molecular weight is 236 g/mol. The van der Waals surface area contributed by atoms with Gasteiger partial charge in [-0.3, -0.25) is 4.98 Å². The minimum absolute atomic E-state index is 0.237. The van der Waals surface area contributed by atoms with Gasteiger partial charge in [-0.1, -0.05) is 11.6 Å². The van der Waals surface area contributed by atoms with E-state index in [4.69, 9.17) is 11.6 Å². The number of pyridine rings is 1. The van der Waals surface area contributed by atoms with Crippen molar-refractivity contribution in [2.24, 2.45) is 0 Å². The highest BCUT2D eigenvalue weighted by Gasteiger charge is 2.06. The van der Waals surface area contributed by atoms with Crippen molar-refractivity contribution in [1.82, 2.24) is 4.98 Å². The van der Waals surface area contributed by atoms with Crippen molar-refractivity contribution < 1.29 is 4.39 Å². The summed E-state index contributed by atoms with van der Waals surface area (Å²) in [5.41, 5.74) is 3.24. The van der Waals surface area contributed by atoms with Gasteiger partial charge in [0.05, 0.1) is 0 Å². The molecule has 0 atom stereocenters. The van der Waals surface area contributed by atoms with Gasteiger partial charge in [0.25, 0.3) is 0 Å². The van der Waals surface area contributed by atoms with E-state index in [2.05, 4.69) is 4.98 Å². The Hall–Kier alpha value is -1.41. The molecular formula is C13H11ClFN. The second-order valence-corrected chi connectivity index (χ2v) is 3.97. The number of aromatic nitrogens is 1. The lowest BCUT2D eigenvalue weighted by atomic mass is 10.0. The maximum Gasteiger partial charge on any atom is 0.131 e. The Morgan fingerprint density at radius 1 is 1.25 bits per heavy atom. The molecular weight excluding hydrogens is 225 g/mol. The Balaban J connectivity index is 2.53. The molecule has 0 bridgehead atoms. The lowest BCUT2D eigenvalue weighted by Crippen LogP contribution is -1.89. The van der Waals surface area contributed by atoms with Gasteiger partial charge in [0.2, 0.25) is 0 Å². The monoisotopic (exact) mass is 235 g/mol. The Bertz CT molecular complexity index is 511. The molecule has 0 N–H and O–H groups in total. The van der Waals surface area contributed by atoms with Crippen LogP contribution in [0.1, 0.15) is 11.1 Å². The van der Waals surface area contributed by atoms with Crippen LogP contribution in [0.15, 0.2) is 36.7 Å². The molecule has 1 nitrogen and oxygen atoms in total. The van der Waals surface area contributed by atoms with Crippen LogP contribution in [0.5, 0.6) is 0 Å². The van der Waals surface area contributed by atoms with Gasteiger partial charge in [-0.15, -0.1) is 11.6 Å². The molecule has 0 saturated carbocycles. The van der Waals surface area contributed by atoms with Crippen LogP contribution < -0.4 is 0 Å². The molecule has 0 unspecified atom stereocenters. The largest absolute Gasteiger partial charge is 0.264 e. The van der Waals surface area contributed by atoms with Gasteiger partial charge in [0, 0.05) is 29.4 Å². The van der Waals surface area contributed by atoms with Crippen molar-refractivity contribution in [3.63, 3.8) is 0 Å². The summed E-state index contributed by atoms with van der Waals surface area (Å²) in [4.78, 5) is 4.05. The molecule has 82 valence electrons. The van der Waals surface area contributed by atoms with Gasteiger partial charge in [0.1, 0.15) is 5.82 Å². The highest BCUT2D eigenvalue weighted by molar-refractivity contribution is 6.17. The van der Waals surface area contributed by atoms with E-state index in [1.165, 1.54) is 6.07 Å². The van der Waals surface area contributed by atoms with Crippen LogP contribution in [0, 0.1) is 12.7 Å². The fourth-order valence-corrected chi connectivity index (χ4v) is 1.71. The molecule has 2 aromatic rings. The van der Waals surface area contributed by atoms with Crippen molar-refractivity contribution in [3.8, 4) is 11.1 Å². The third-order valence-corrected chi connectivity index (χ3v) is 2.69. The van der Waals surface area contributed by atoms with Crippen molar-refractivity contribution in [2.75, 3.05) is 0 Å². The molecule has 0 aliphatic rings. The fourth-order valence-electron chi connectivity index (χ4n) is 1.57. The first-order chi connectivity index (χ1) is 7.70. The fraction of sp³-hybridized carbons (Fsp3) is 0.154. The molecule has 0 saturated heterocycles. The minimum Gasteiger partial charge on any atom is -0.264 e. The number of aryl methyl sites for hydroxylation is 1. The summed E-state index contributed by atoms with van der Waals surface area (Å²) in [7, 11) is 0. The molecule has 16 heavy (non-hydrogen) atoms. The lowest BCUT2D eigenvalue weighted by molar-refractivity contribution is 0.631. The molecule has 0 spiro atoms. The normalized spacial score (nSPS) is 10.4. The number of alkyl halides is 1. The molecule has 0 aliphatic heterocycles. The molecule has 3 heteroatoms. The van der Waals surface area contributed by atoms with E-state index in [1.54, 1.807) is 18.5 Å². The highest BCUT2D eigenvalue weighted by atomic mass is 35.5. The number of nitrogens with zero attached hydrogens (tertiary/aromatic N) is 1. The molecule has 2 rings (SSSR count). The highest BCUT2D eigenvalue weighted by Crippen LogP contribution is 2.24. The van der Waals surface area contributed by atoms with Crippen LogP contribution in [0.2, 0.25) is 0 Å². The zero-order valence-electron chi connectivity index (χ0n) is 8.87. The predicted octanol–water partition coefficient (Wildman–Crippen LogP) is 3.93. The van der Waals surface area contributed by atoms with E-state index in [-0.39, 0.29) is 5.82 Å². The predicted molar refractivity (Wildman–Crippen MR) is 63.9 cm³/mol. The Kier molecular flexibility index (Phi) is 3.20. The molecule has 1 aromatic carbocycles. The summed E-state index contributed by atoms with van der Waals surface area (Å²) in [6.07, 6.45) is 3.33. The zero-order chi connectivity index (χ0) is 11.5. The first kappa shape index (κ1) is 11.1. The van der Waals surface area contributed by atoms with Crippen molar-refractivity contribution >= 4 is 11.6 Å². The van der Waals surface area contributed by atoms with E-state index in [9.17, 15) is 4.39 Å². The first-order valence-corrected chi connectivity index (χ1v) is 5.50. The van der Waals surface area contributed by atoms with E-state index < -0.39 is 0 Å². The maximum absolute atomic E-state index is 13.6.